The van der Waals surface area contributed by atoms with E-state index < -0.39 is 29.7 Å². The zero-order valence-corrected chi connectivity index (χ0v) is 13.6. The molecule has 2 saturated carbocycles. The maximum absolute atomic E-state index is 12.8. The zero-order chi connectivity index (χ0) is 17.0. The first-order chi connectivity index (χ1) is 10.8. The first-order valence-corrected chi connectivity index (χ1v) is 8.30. The van der Waals surface area contributed by atoms with E-state index in [0.29, 0.717) is 12.8 Å². The molecule has 0 aromatic rings. The van der Waals surface area contributed by atoms with Gasteiger partial charge in [-0.25, -0.2) is 0 Å². The van der Waals surface area contributed by atoms with Crippen molar-refractivity contribution < 1.29 is 24.9 Å². The topological polar surface area (TPSA) is 119 Å². The number of amides is 1. The van der Waals surface area contributed by atoms with Crippen LogP contribution in [0.5, 0.6) is 0 Å². The smallest absolute Gasteiger partial charge is 0.234 e. The van der Waals surface area contributed by atoms with Gasteiger partial charge in [-0.2, -0.15) is 0 Å². The summed E-state index contributed by atoms with van der Waals surface area (Å²) in [5.41, 5.74) is -1.31. The normalized spacial score (nSPS) is 44.7. The van der Waals surface area contributed by atoms with E-state index in [-0.39, 0.29) is 36.2 Å². The molecular weight excluding hydrogens is 300 g/mol. The summed E-state index contributed by atoms with van der Waals surface area (Å²) in [6, 6.07) is -1.15. The molecule has 6 unspecified atom stereocenters. The van der Waals surface area contributed by atoms with E-state index in [0.717, 1.165) is 6.42 Å². The van der Waals surface area contributed by atoms with Crippen LogP contribution < -0.4 is 10.6 Å². The molecule has 3 aliphatic rings. The summed E-state index contributed by atoms with van der Waals surface area (Å²) < 4.78 is 0. The van der Waals surface area contributed by atoms with Crippen molar-refractivity contribution in [1.29, 1.82) is 0 Å². The Kier molecular flexibility index (Phi) is 4.03. The second-order valence-corrected chi connectivity index (χ2v) is 7.74. The van der Waals surface area contributed by atoms with Gasteiger partial charge >= 0.3 is 0 Å². The van der Waals surface area contributed by atoms with Crippen molar-refractivity contribution in [2.75, 3.05) is 13.2 Å². The molecule has 1 saturated heterocycles. The number of carbonyl (C=O) groups is 2. The molecule has 2 bridgehead atoms. The van der Waals surface area contributed by atoms with Gasteiger partial charge in [0.2, 0.25) is 5.91 Å². The lowest BCUT2D eigenvalue weighted by Crippen LogP contribution is -2.53. The number of rotatable bonds is 4. The molecule has 2 aliphatic carbocycles. The minimum absolute atomic E-state index is 0.0180. The van der Waals surface area contributed by atoms with E-state index in [1.54, 1.807) is 0 Å². The molecule has 5 N–H and O–H groups in total. The maximum atomic E-state index is 12.8. The summed E-state index contributed by atoms with van der Waals surface area (Å²) >= 11 is 0. The van der Waals surface area contributed by atoms with Gasteiger partial charge in [0.05, 0.1) is 30.9 Å². The van der Waals surface area contributed by atoms with Gasteiger partial charge in [0, 0.05) is 13.0 Å². The van der Waals surface area contributed by atoms with Crippen LogP contribution in [0.2, 0.25) is 0 Å². The van der Waals surface area contributed by atoms with Crippen LogP contribution in [0.4, 0.5) is 0 Å². The van der Waals surface area contributed by atoms with Gasteiger partial charge in [-0.05, 0) is 24.2 Å². The summed E-state index contributed by atoms with van der Waals surface area (Å²) in [6.45, 7) is 3.80. The van der Waals surface area contributed by atoms with E-state index in [1.807, 2.05) is 13.8 Å². The zero-order valence-electron chi connectivity index (χ0n) is 13.6. The minimum atomic E-state index is -1.07. The van der Waals surface area contributed by atoms with Crippen molar-refractivity contribution in [3.63, 3.8) is 0 Å². The summed E-state index contributed by atoms with van der Waals surface area (Å²) in [7, 11) is 0. The third-order valence-corrected chi connectivity index (χ3v) is 6.57. The Morgan fingerprint density at radius 2 is 1.96 bits per heavy atom. The molecule has 3 rings (SSSR count). The molecule has 6 atom stereocenters. The molecule has 0 aromatic carbocycles. The van der Waals surface area contributed by atoms with Crippen LogP contribution in [-0.2, 0) is 9.59 Å². The monoisotopic (exact) mass is 326 g/mol. The molecule has 7 heteroatoms. The number of carbonyl (C=O) groups excluding carboxylic acids is 2. The Morgan fingerprint density at radius 1 is 1.30 bits per heavy atom. The highest BCUT2D eigenvalue weighted by atomic mass is 16.3. The number of fused-ring (bicyclic) bond motifs is 2. The van der Waals surface area contributed by atoms with Crippen molar-refractivity contribution in [1.82, 2.24) is 10.6 Å². The molecular formula is C16H26N2O5. The highest BCUT2D eigenvalue weighted by Gasteiger charge is 2.68. The van der Waals surface area contributed by atoms with E-state index in [4.69, 9.17) is 5.11 Å². The van der Waals surface area contributed by atoms with Crippen molar-refractivity contribution in [2.24, 2.45) is 16.7 Å². The lowest BCUT2D eigenvalue weighted by Gasteiger charge is -2.35. The third kappa shape index (κ3) is 2.17. The quantitative estimate of drug-likeness (QED) is 0.404. The number of aliphatic hydroxyl groups excluding tert-OH is 3. The second-order valence-electron chi connectivity index (χ2n) is 7.74. The van der Waals surface area contributed by atoms with Crippen molar-refractivity contribution in [3.05, 3.63) is 0 Å². The lowest BCUT2D eigenvalue weighted by atomic mass is 9.68. The third-order valence-electron chi connectivity index (χ3n) is 6.57. The summed E-state index contributed by atoms with van der Waals surface area (Å²) in [5.74, 6) is 0.00410. The largest absolute Gasteiger partial charge is 0.395 e. The molecule has 7 nitrogen and oxygen atoms in total. The van der Waals surface area contributed by atoms with Gasteiger partial charge < -0.3 is 26.0 Å². The number of Topliss-reactive ketones (excluding diaryl/α,β-unsaturated/α-hetero) is 1. The standard InChI is InChI=1S/C16H26N2O5/c1-15(2)8-3-4-16(15,11(20)5-8)14(23)17-6-9-12(21)13(22)10(7-19)18-9/h8-10,12-13,18-19,21-22H,3-7H2,1-2H3,(H,17,23). The second kappa shape index (κ2) is 5.51. The van der Waals surface area contributed by atoms with Gasteiger partial charge in [-0.3, -0.25) is 9.59 Å². The van der Waals surface area contributed by atoms with Crippen LogP contribution in [0.3, 0.4) is 0 Å². The van der Waals surface area contributed by atoms with Crippen LogP contribution in [0, 0.1) is 16.7 Å². The van der Waals surface area contributed by atoms with Crippen LogP contribution >= 0.6 is 0 Å². The first-order valence-electron chi connectivity index (χ1n) is 8.30. The van der Waals surface area contributed by atoms with Gasteiger partial charge in [0.25, 0.3) is 0 Å². The maximum Gasteiger partial charge on any atom is 0.234 e. The molecule has 0 aromatic heterocycles. The highest BCUT2D eigenvalue weighted by molar-refractivity contribution is 6.09. The Hall–Kier alpha value is -1.02. The predicted molar refractivity (Wildman–Crippen MR) is 81.4 cm³/mol. The van der Waals surface area contributed by atoms with E-state index in [2.05, 4.69) is 10.6 Å². The highest BCUT2D eigenvalue weighted by Crippen LogP contribution is 2.63. The van der Waals surface area contributed by atoms with Crippen molar-refractivity contribution in [3.8, 4) is 0 Å². The number of hydrogen-bond acceptors (Lipinski definition) is 6. The molecule has 3 fully saturated rings. The Balaban J connectivity index is 1.68. The molecule has 0 spiro atoms. The first kappa shape index (κ1) is 16.8. The van der Waals surface area contributed by atoms with Gasteiger partial charge in [0.15, 0.2) is 0 Å². The van der Waals surface area contributed by atoms with E-state index in [1.165, 1.54) is 0 Å². The molecule has 1 aliphatic heterocycles. The van der Waals surface area contributed by atoms with Crippen LogP contribution in [0.15, 0.2) is 0 Å². The van der Waals surface area contributed by atoms with Gasteiger partial charge in [-0.15, -0.1) is 0 Å². The molecule has 0 radical (unpaired) electrons. The van der Waals surface area contributed by atoms with Crippen LogP contribution in [0.25, 0.3) is 0 Å². The fourth-order valence-corrected chi connectivity index (χ4v) is 4.85. The molecule has 1 amide bonds. The fraction of sp³-hybridized carbons (Fsp3) is 0.875. The average Bonchev–Trinajstić information content (AvgIpc) is 3.01. The Bertz CT molecular complexity index is 523. The van der Waals surface area contributed by atoms with E-state index in [9.17, 15) is 19.8 Å². The molecule has 130 valence electrons. The van der Waals surface area contributed by atoms with E-state index >= 15 is 0 Å². The summed E-state index contributed by atoms with van der Waals surface area (Å²) in [4.78, 5) is 25.2. The predicted octanol–water partition coefficient (Wildman–Crippen LogP) is -1.45. The Morgan fingerprint density at radius 3 is 2.43 bits per heavy atom. The summed E-state index contributed by atoms with van der Waals surface area (Å²) in [6.07, 6.45) is -0.190. The van der Waals surface area contributed by atoms with Gasteiger partial charge in [0.1, 0.15) is 11.2 Å². The van der Waals surface area contributed by atoms with Gasteiger partial charge in [-0.1, -0.05) is 13.8 Å². The lowest BCUT2D eigenvalue weighted by molar-refractivity contribution is -0.145. The average molecular weight is 326 g/mol. The minimum Gasteiger partial charge on any atom is -0.395 e. The SMILES string of the molecule is CC1(C)C2CCC1(C(=O)NCC1NC(CO)C(O)C1O)C(=O)C2. The number of ketones is 1. The van der Waals surface area contributed by atoms with Crippen molar-refractivity contribution in [2.45, 2.75) is 57.4 Å². The molecule has 1 heterocycles. The van der Waals surface area contributed by atoms with Crippen LogP contribution in [0.1, 0.15) is 33.1 Å². The van der Waals surface area contributed by atoms with Crippen molar-refractivity contribution >= 4 is 11.7 Å². The molecule has 23 heavy (non-hydrogen) atoms. The summed E-state index contributed by atoms with van der Waals surface area (Å²) in [5, 5.41) is 34.6. The number of nitrogens with one attached hydrogen (secondary N) is 2. The number of hydrogen-bond donors (Lipinski definition) is 5. The fourth-order valence-electron chi connectivity index (χ4n) is 4.85. The Labute approximate surface area is 135 Å². The van der Waals surface area contributed by atoms with Crippen LogP contribution in [-0.4, -0.2) is 64.5 Å². The number of aliphatic hydroxyl groups is 3.